The predicted octanol–water partition coefficient (Wildman–Crippen LogP) is 2.99. The molecule has 7 nitrogen and oxygen atoms in total. The molecule has 142 valence electrons. The summed E-state index contributed by atoms with van der Waals surface area (Å²) < 4.78 is 16.3. The standard InChI is InChI=1S/C19H23FN6O/c1-3-21-18-14-4-6-22-19(14)23-9-15(18)13-8-24-26(10-13)17-5-7-25(12(2)27)11-16(17)20/h4,6,8-10,16-17H,3,5,7,11H2,1-2H3,(H2,21,22,23)/t16-,17-/m0/s1. The maximum atomic E-state index is 14.6. The Balaban J connectivity index is 1.64. The van der Waals surface area contributed by atoms with Gasteiger partial charge in [0.05, 0.1) is 24.5 Å². The van der Waals surface area contributed by atoms with Crippen molar-refractivity contribution in [3.8, 4) is 11.1 Å². The number of nitrogens with zero attached hydrogens (tertiary/aromatic N) is 4. The number of rotatable bonds is 4. The molecule has 0 aromatic carbocycles. The molecule has 1 amide bonds. The van der Waals surface area contributed by atoms with Gasteiger partial charge in [0.15, 0.2) is 0 Å². The van der Waals surface area contributed by atoms with Gasteiger partial charge >= 0.3 is 0 Å². The number of fused-ring (bicyclic) bond motifs is 1. The number of halogens is 1. The van der Waals surface area contributed by atoms with E-state index in [0.29, 0.717) is 13.0 Å². The monoisotopic (exact) mass is 370 g/mol. The van der Waals surface area contributed by atoms with Crippen molar-refractivity contribution < 1.29 is 9.18 Å². The van der Waals surface area contributed by atoms with Crippen LogP contribution in [0.15, 0.2) is 30.9 Å². The van der Waals surface area contributed by atoms with E-state index in [2.05, 4.69) is 20.4 Å². The summed E-state index contributed by atoms with van der Waals surface area (Å²) in [7, 11) is 0. The van der Waals surface area contributed by atoms with E-state index in [9.17, 15) is 9.18 Å². The molecule has 0 unspecified atom stereocenters. The number of aromatic amines is 1. The molecule has 8 heteroatoms. The molecular formula is C19H23FN6O. The zero-order valence-electron chi connectivity index (χ0n) is 15.4. The highest BCUT2D eigenvalue weighted by Crippen LogP contribution is 2.34. The summed E-state index contributed by atoms with van der Waals surface area (Å²) in [6.07, 6.45) is 6.72. The number of H-pyrrole nitrogens is 1. The summed E-state index contributed by atoms with van der Waals surface area (Å²) in [5.41, 5.74) is 3.64. The second-order valence-corrected chi connectivity index (χ2v) is 6.86. The Morgan fingerprint density at radius 1 is 1.44 bits per heavy atom. The van der Waals surface area contributed by atoms with Gasteiger partial charge in [-0.05, 0) is 19.4 Å². The van der Waals surface area contributed by atoms with Gasteiger partial charge in [0, 0.05) is 55.1 Å². The van der Waals surface area contributed by atoms with E-state index >= 15 is 0 Å². The van der Waals surface area contributed by atoms with Gasteiger partial charge in [-0.1, -0.05) is 0 Å². The Hall–Kier alpha value is -2.90. The summed E-state index contributed by atoms with van der Waals surface area (Å²) in [5.74, 6) is -0.0848. The van der Waals surface area contributed by atoms with Crippen molar-refractivity contribution >= 4 is 22.6 Å². The number of hydrogen-bond donors (Lipinski definition) is 2. The molecule has 1 aliphatic rings. The van der Waals surface area contributed by atoms with Crippen LogP contribution in [-0.4, -0.2) is 56.4 Å². The van der Waals surface area contributed by atoms with E-state index < -0.39 is 6.17 Å². The molecule has 4 rings (SSSR count). The fourth-order valence-electron chi connectivity index (χ4n) is 3.73. The number of nitrogens with one attached hydrogen (secondary N) is 2. The Labute approximate surface area is 156 Å². The fraction of sp³-hybridized carbons (Fsp3) is 0.421. The van der Waals surface area contributed by atoms with E-state index in [-0.39, 0.29) is 18.5 Å². The van der Waals surface area contributed by atoms with Gasteiger partial charge in [-0.2, -0.15) is 5.10 Å². The number of likely N-dealkylation sites (tertiary alicyclic amines) is 1. The van der Waals surface area contributed by atoms with E-state index in [1.54, 1.807) is 15.8 Å². The van der Waals surface area contributed by atoms with Crippen molar-refractivity contribution in [3.05, 3.63) is 30.9 Å². The SMILES string of the molecule is CCNc1c(-c2cnn([C@H]3CCN(C(C)=O)C[C@@H]3F)c2)cnc2[nH]ccc12. The molecule has 0 bridgehead atoms. The first-order valence-corrected chi connectivity index (χ1v) is 9.22. The van der Waals surface area contributed by atoms with Gasteiger partial charge in [0.1, 0.15) is 11.8 Å². The number of amides is 1. The number of piperidine rings is 1. The highest BCUT2D eigenvalue weighted by molar-refractivity contribution is 5.98. The second-order valence-electron chi connectivity index (χ2n) is 6.86. The molecular weight excluding hydrogens is 347 g/mol. The van der Waals surface area contributed by atoms with Crippen LogP contribution in [0.2, 0.25) is 0 Å². The van der Waals surface area contributed by atoms with Crippen LogP contribution in [0.25, 0.3) is 22.2 Å². The largest absolute Gasteiger partial charge is 0.384 e. The molecule has 4 heterocycles. The molecule has 2 atom stereocenters. The number of alkyl halides is 1. The minimum atomic E-state index is -1.13. The molecule has 0 aliphatic carbocycles. The summed E-state index contributed by atoms with van der Waals surface area (Å²) in [4.78, 5) is 20.6. The van der Waals surface area contributed by atoms with Gasteiger partial charge in [0.2, 0.25) is 5.91 Å². The average molecular weight is 370 g/mol. The van der Waals surface area contributed by atoms with E-state index in [1.165, 1.54) is 6.92 Å². The number of hydrogen-bond acceptors (Lipinski definition) is 4. The minimum Gasteiger partial charge on any atom is -0.384 e. The second kappa shape index (κ2) is 7.02. The number of carbonyl (C=O) groups is 1. The van der Waals surface area contributed by atoms with Crippen molar-refractivity contribution in [2.45, 2.75) is 32.5 Å². The van der Waals surface area contributed by atoms with Crippen LogP contribution in [0.3, 0.4) is 0 Å². The summed E-state index contributed by atoms with van der Waals surface area (Å²) in [6, 6.07) is 1.63. The molecule has 0 spiro atoms. The normalized spacial score (nSPS) is 20.2. The van der Waals surface area contributed by atoms with Gasteiger partial charge in [-0.15, -0.1) is 0 Å². The van der Waals surface area contributed by atoms with E-state index in [0.717, 1.165) is 34.4 Å². The van der Waals surface area contributed by atoms with Gasteiger partial charge in [-0.3, -0.25) is 9.48 Å². The van der Waals surface area contributed by atoms with Crippen LogP contribution in [0.1, 0.15) is 26.3 Å². The molecule has 1 fully saturated rings. The summed E-state index contributed by atoms with van der Waals surface area (Å²) in [6.45, 7) is 4.97. The lowest BCUT2D eigenvalue weighted by atomic mass is 10.0. The first kappa shape index (κ1) is 17.5. The lowest BCUT2D eigenvalue weighted by Crippen LogP contribution is -2.44. The van der Waals surface area contributed by atoms with Crippen LogP contribution in [0.5, 0.6) is 0 Å². The van der Waals surface area contributed by atoms with Crippen molar-refractivity contribution in [3.63, 3.8) is 0 Å². The summed E-state index contributed by atoms with van der Waals surface area (Å²) >= 11 is 0. The number of carbonyl (C=O) groups excluding carboxylic acids is 1. The maximum Gasteiger partial charge on any atom is 0.219 e. The Morgan fingerprint density at radius 2 is 2.30 bits per heavy atom. The first-order valence-electron chi connectivity index (χ1n) is 9.22. The smallest absolute Gasteiger partial charge is 0.219 e. The van der Waals surface area contributed by atoms with Crippen molar-refractivity contribution in [2.75, 3.05) is 25.0 Å². The zero-order valence-corrected chi connectivity index (χ0v) is 15.4. The third-order valence-electron chi connectivity index (χ3n) is 5.14. The van der Waals surface area contributed by atoms with Gasteiger partial charge in [-0.25, -0.2) is 9.37 Å². The number of anilines is 1. The number of pyridine rings is 1. The topological polar surface area (TPSA) is 78.8 Å². The van der Waals surface area contributed by atoms with E-state index in [4.69, 9.17) is 0 Å². The molecule has 3 aromatic rings. The predicted molar refractivity (Wildman–Crippen MR) is 102 cm³/mol. The Kier molecular flexibility index (Phi) is 4.55. The molecule has 3 aromatic heterocycles. The van der Waals surface area contributed by atoms with Crippen LogP contribution in [0.4, 0.5) is 10.1 Å². The summed E-state index contributed by atoms with van der Waals surface area (Å²) in [5, 5.41) is 8.83. The lowest BCUT2D eigenvalue weighted by Gasteiger charge is -2.34. The van der Waals surface area contributed by atoms with Crippen molar-refractivity contribution in [1.82, 2.24) is 24.6 Å². The number of aromatic nitrogens is 4. The molecule has 0 radical (unpaired) electrons. The Morgan fingerprint density at radius 3 is 3.04 bits per heavy atom. The Bertz CT molecular complexity index is 964. The van der Waals surface area contributed by atoms with Crippen molar-refractivity contribution in [2.24, 2.45) is 0 Å². The highest BCUT2D eigenvalue weighted by atomic mass is 19.1. The third-order valence-corrected chi connectivity index (χ3v) is 5.14. The van der Waals surface area contributed by atoms with Crippen LogP contribution in [-0.2, 0) is 4.79 Å². The van der Waals surface area contributed by atoms with Crippen LogP contribution >= 0.6 is 0 Å². The minimum absolute atomic E-state index is 0.0848. The highest BCUT2D eigenvalue weighted by Gasteiger charge is 2.32. The maximum absolute atomic E-state index is 14.6. The molecule has 1 saturated heterocycles. The van der Waals surface area contributed by atoms with Crippen LogP contribution in [0, 0.1) is 0 Å². The first-order chi connectivity index (χ1) is 13.1. The third kappa shape index (κ3) is 3.15. The molecule has 27 heavy (non-hydrogen) atoms. The average Bonchev–Trinajstić information content (AvgIpc) is 3.31. The van der Waals surface area contributed by atoms with Crippen molar-refractivity contribution in [1.29, 1.82) is 0 Å². The molecule has 2 N–H and O–H groups in total. The zero-order chi connectivity index (χ0) is 19.0. The van der Waals surface area contributed by atoms with E-state index in [1.807, 2.05) is 31.6 Å². The van der Waals surface area contributed by atoms with Crippen LogP contribution < -0.4 is 5.32 Å². The van der Waals surface area contributed by atoms with Gasteiger partial charge < -0.3 is 15.2 Å². The molecule has 1 aliphatic heterocycles. The molecule has 0 saturated carbocycles. The lowest BCUT2D eigenvalue weighted by molar-refractivity contribution is -0.131. The quantitative estimate of drug-likeness (QED) is 0.740. The van der Waals surface area contributed by atoms with Gasteiger partial charge in [0.25, 0.3) is 0 Å². The fourth-order valence-corrected chi connectivity index (χ4v) is 3.73.